The lowest BCUT2D eigenvalue weighted by atomic mass is 9.90. The molecule has 1 aromatic rings. The Morgan fingerprint density at radius 1 is 1.03 bits per heavy atom. The second kappa shape index (κ2) is 16.1. The van der Waals surface area contributed by atoms with Crippen LogP contribution in [0.15, 0.2) is 18.2 Å². The van der Waals surface area contributed by atoms with Crippen LogP contribution in [0.4, 0.5) is 0 Å². The van der Waals surface area contributed by atoms with E-state index in [1.807, 2.05) is 6.07 Å². The van der Waals surface area contributed by atoms with E-state index in [1.165, 1.54) is 12.0 Å². The van der Waals surface area contributed by atoms with Gasteiger partial charge in [-0.15, -0.1) is 0 Å². The van der Waals surface area contributed by atoms with Gasteiger partial charge in [0.2, 0.25) is 5.91 Å². The highest BCUT2D eigenvalue weighted by Crippen LogP contribution is 2.34. The number of amides is 1. The van der Waals surface area contributed by atoms with Crippen molar-refractivity contribution in [2.24, 2.45) is 5.73 Å². The fraction of sp³-hybridized carbons (Fsp3) is 0.696. The Morgan fingerprint density at radius 3 is 2.48 bits per heavy atom. The van der Waals surface area contributed by atoms with E-state index in [0.29, 0.717) is 38.7 Å². The number of benzene rings is 1. The quantitative estimate of drug-likeness (QED) is 0.380. The molecule has 1 rings (SSSR count). The van der Waals surface area contributed by atoms with Crippen molar-refractivity contribution >= 4 is 5.91 Å². The van der Waals surface area contributed by atoms with Gasteiger partial charge in [-0.3, -0.25) is 4.79 Å². The van der Waals surface area contributed by atoms with Crippen molar-refractivity contribution in [2.45, 2.75) is 64.2 Å². The number of ether oxygens (including phenoxy) is 3. The molecule has 0 aliphatic rings. The van der Waals surface area contributed by atoms with Gasteiger partial charge in [-0.05, 0) is 42.9 Å². The van der Waals surface area contributed by atoms with Gasteiger partial charge in [-0.25, -0.2) is 0 Å². The maximum Gasteiger partial charge on any atom is 0.219 e. The smallest absolute Gasteiger partial charge is 0.219 e. The summed E-state index contributed by atoms with van der Waals surface area (Å²) in [4.78, 5) is 11.3. The van der Waals surface area contributed by atoms with Gasteiger partial charge in [-0.2, -0.15) is 0 Å². The standard InChI is InChI=1S/C23H40N2O4/c1-4-19(10-7-5-6-8-11-23(26)25-2)20-12-13-21(29-17-14-24)22(18-20)28-16-9-15-27-3/h12-13,18-19H,4-11,14-17,24H2,1-3H3,(H,25,26)/t19-/m1/s1. The molecule has 0 unspecified atom stereocenters. The van der Waals surface area contributed by atoms with Gasteiger partial charge >= 0.3 is 0 Å². The molecule has 1 aromatic carbocycles. The Labute approximate surface area is 176 Å². The molecule has 29 heavy (non-hydrogen) atoms. The van der Waals surface area contributed by atoms with E-state index in [1.54, 1.807) is 14.2 Å². The van der Waals surface area contributed by atoms with E-state index in [-0.39, 0.29) is 5.91 Å². The molecule has 0 saturated carbocycles. The van der Waals surface area contributed by atoms with Gasteiger partial charge < -0.3 is 25.3 Å². The lowest BCUT2D eigenvalue weighted by molar-refractivity contribution is -0.120. The summed E-state index contributed by atoms with van der Waals surface area (Å²) in [6.45, 7) is 4.45. The summed E-state index contributed by atoms with van der Waals surface area (Å²) in [6, 6.07) is 6.27. The van der Waals surface area contributed by atoms with Crippen LogP contribution < -0.4 is 20.5 Å². The van der Waals surface area contributed by atoms with Crippen molar-refractivity contribution in [3.8, 4) is 11.5 Å². The predicted octanol–water partition coefficient (Wildman–Crippen LogP) is 4.02. The summed E-state index contributed by atoms with van der Waals surface area (Å²) in [5.41, 5.74) is 6.87. The van der Waals surface area contributed by atoms with Crippen molar-refractivity contribution in [3.05, 3.63) is 23.8 Å². The molecule has 0 fully saturated rings. The highest BCUT2D eigenvalue weighted by atomic mass is 16.5. The first-order valence-corrected chi connectivity index (χ1v) is 10.9. The zero-order chi connectivity index (χ0) is 21.3. The molecule has 0 spiro atoms. The molecule has 6 heteroatoms. The molecule has 166 valence electrons. The normalized spacial score (nSPS) is 11.9. The average molecular weight is 409 g/mol. The average Bonchev–Trinajstić information content (AvgIpc) is 2.75. The van der Waals surface area contributed by atoms with Crippen LogP contribution in [0.3, 0.4) is 0 Å². The minimum absolute atomic E-state index is 0.131. The Balaban J connectivity index is 2.61. The fourth-order valence-electron chi connectivity index (χ4n) is 3.33. The Kier molecular flexibility index (Phi) is 14.0. The second-order valence-electron chi connectivity index (χ2n) is 7.27. The summed E-state index contributed by atoms with van der Waals surface area (Å²) >= 11 is 0. The maximum atomic E-state index is 11.3. The van der Waals surface area contributed by atoms with E-state index >= 15 is 0 Å². The van der Waals surface area contributed by atoms with Gasteiger partial charge in [-0.1, -0.05) is 32.3 Å². The molecule has 0 saturated heterocycles. The van der Waals surface area contributed by atoms with Gasteiger partial charge in [0.25, 0.3) is 0 Å². The predicted molar refractivity (Wildman–Crippen MR) is 118 cm³/mol. The third-order valence-corrected chi connectivity index (χ3v) is 5.04. The van der Waals surface area contributed by atoms with Crippen LogP contribution in [-0.4, -0.2) is 46.4 Å². The highest BCUT2D eigenvalue weighted by molar-refractivity contribution is 5.75. The molecule has 3 N–H and O–H groups in total. The number of unbranched alkanes of at least 4 members (excludes halogenated alkanes) is 3. The van der Waals surface area contributed by atoms with Gasteiger partial charge in [0.1, 0.15) is 6.61 Å². The third-order valence-electron chi connectivity index (χ3n) is 5.04. The largest absolute Gasteiger partial charge is 0.490 e. The van der Waals surface area contributed by atoms with Crippen molar-refractivity contribution in [3.63, 3.8) is 0 Å². The Bertz CT molecular complexity index is 566. The molecule has 0 aliphatic carbocycles. The number of carbonyl (C=O) groups excluding carboxylic acids is 1. The molecular weight excluding hydrogens is 368 g/mol. The van der Waals surface area contributed by atoms with Crippen LogP contribution in [0.5, 0.6) is 11.5 Å². The van der Waals surface area contributed by atoms with Crippen LogP contribution in [0.25, 0.3) is 0 Å². The number of methoxy groups -OCH3 is 1. The van der Waals surface area contributed by atoms with Crippen molar-refractivity contribution in [1.82, 2.24) is 5.32 Å². The fourth-order valence-corrected chi connectivity index (χ4v) is 3.33. The molecular formula is C23H40N2O4. The number of nitrogens with one attached hydrogen (secondary N) is 1. The first kappa shape index (κ1) is 25.2. The molecule has 0 radical (unpaired) electrons. The maximum absolute atomic E-state index is 11.3. The minimum atomic E-state index is 0.131. The van der Waals surface area contributed by atoms with Crippen LogP contribution >= 0.6 is 0 Å². The van der Waals surface area contributed by atoms with Crippen molar-refractivity contribution in [1.29, 1.82) is 0 Å². The van der Waals surface area contributed by atoms with E-state index in [2.05, 4.69) is 24.4 Å². The first-order valence-electron chi connectivity index (χ1n) is 10.9. The highest BCUT2D eigenvalue weighted by Gasteiger charge is 2.14. The summed E-state index contributed by atoms with van der Waals surface area (Å²) in [5, 5.41) is 2.67. The summed E-state index contributed by atoms with van der Waals surface area (Å²) in [6.07, 6.45) is 8.08. The van der Waals surface area contributed by atoms with E-state index in [0.717, 1.165) is 50.0 Å². The lowest BCUT2D eigenvalue weighted by Crippen LogP contribution is -2.16. The van der Waals surface area contributed by atoms with Crippen molar-refractivity contribution < 1.29 is 19.0 Å². The monoisotopic (exact) mass is 408 g/mol. The third kappa shape index (κ3) is 10.5. The Hall–Kier alpha value is -1.79. The van der Waals surface area contributed by atoms with Gasteiger partial charge in [0.05, 0.1) is 6.61 Å². The molecule has 6 nitrogen and oxygen atoms in total. The molecule has 0 bridgehead atoms. The van der Waals surface area contributed by atoms with Crippen LogP contribution in [-0.2, 0) is 9.53 Å². The molecule has 0 aromatic heterocycles. The zero-order valence-corrected chi connectivity index (χ0v) is 18.5. The number of hydrogen-bond donors (Lipinski definition) is 2. The number of rotatable bonds is 17. The Morgan fingerprint density at radius 2 is 1.79 bits per heavy atom. The summed E-state index contributed by atoms with van der Waals surface area (Å²) < 4.78 is 16.8. The lowest BCUT2D eigenvalue weighted by Gasteiger charge is -2.19. The number of nitrogens with two attached hydrogens (primary N) is 1. The van der Waals surface area contributed by atoms with E-state index in [4.69, 9.17) is 19.9 Å². The molecule has 1 atom stereocenters. The van der Waals surface area contributed by atoms with E-state index in [9.17, 15) is 4.79 Å². The summed E-state index contributed by atoms with van der Waals surface area (Å²) in [7, 11) is 3.39. The van der Waals surface area contributed by atoms with Crippen LogP contribution in [0.2, 0.25) is 0 Å². The SMILES string of the molecule is CC[C@H](CCCCCCC(=O)NC)c1ccc(OCCN)c(OCCCOC)c1. The van der Waals surface area contributed by atoms with E-state index < -0.39 is 0 Å². The van der Waals surface area contributed by atoms with Crippen molar-refractivity contribution in [2.75, 3.05) is 40.5 Å². The molecule has 0 heterocycles. The summed E-state index contributed by atoms with van der Waals surface area (Å²) in [5.74, 6) is 2.17. The van der Waals surface area contributed by atoms with Crippen LogP contribution in [0.1, 0.15) is 69.8 Å². The zero-order valence-electron chi connectivity index (χ0n) is 18.5. The van der Waals surface area contributed by atoms with Crippen LogP contribution in [0, 0.1) is 0 Å². The molecule has 0 aliphatic heterocycles. The first-order chi connectivity index (χ1) is 14.2. The molecule has 1 amide bonds. The topological polar surface area (TPSA) is 82.8 Å². The number of carbonyl (C=O) groups is 1. The second-order valence-corrected chi connectivity index (χ2v) is 7.27. The number of hydrogen-bond acceptors (Lipinski definition) is 5. The van der Waals surface area contributed by atoms with Gasteiger partial charge in [0.15, 0.2) is 11.5 Å². The minimum Gasteiger partial charge on any atom is -0.490 e. The van der Waals surface area contributed by atoms with Gasteiger partial charge in [0, 0.05) is 40.2 Å².